The van der Waals surface area contributed by atoms with E-state index in [1.165, 1.54) is 24.3 Å². The molecule has 0 saturated carbocycles. The number of benzene rings is 1. The summed E-state index contributed by atoms with van der Waals surface area (Å²) in [5.41, 5.74) is 0.249. The smallest absolute Gasteiger partial charge is 0.358 e. The SMILES string of the molecule is CS(=O)(=O)c1ccc(-c2ocnc2C(=O)O)cc1. The predicted octanol–water partition coefficient (Wildman–Crippen LogP) is 1.44. The molecule has 18 heavy (non-hydrogen) atoms. The second-order valence-electron chi connectivity index (χ2n) is 3.63. The first-order chi connectivity index (χ1) is 8.39. The summed E-state index contributed by atoms with van der Waals surface area (Å²) in [4.78, 5) is 14.6. The molecule has 0 spiro atoms. The predicted molar refractivity (Wildman–Crippen MR) is 62.0 cm³/mol. The van der Waals surface area contributed by atoms with Gasteiger partial charge in [0.1, 0.15) is 0 Å². The van der Waals surface area contributed by atoms with Gasteiger partial charge in [-0.05, 0) is 24.3 Å². The normalized spacial score (nSPS) is 11.4. The van der Waals surface area contributed by atoms with Gasteiger partial charge >= 0.3 is 5.97 Å². The number of hydrogen-bond acceptors (Lipinski definition) is 5. The highest BCUT2D eigenvalue weighted by molar-refractivity contribution is 7.90. The lowest BCUT2D eigenvalue weighted by Crippen LogP contribution is -1.99. The zero-order valence-corrected chi connectivity index (χ0v) is 10.1. The van der Waals surface area contributed by atoms with E-state index in [2.05, 4.69) is 4.98 Å². The number of rotatable bonds is 3. The number of aromatic carboxylic acids is 1. The first-order valence-corrected chi connectivity index (χ1v) is 6.76. The van der Waals surface area contributed by atoms with Crippen LogP contribution in [0.2, 0.25) is 0 Å². The number of hydrogen-bond donors (Lipinski definition) is 1. The number of nitrogens with zero attached hydrogens (tertiary/aromatic N) is 1. The van der Waals surface area contributed by atoms with Crippen molar-refractivity contribution in [3.63, 3.8) is 0 Å². The van der Waals surface area contributed by atoms with Gasteiger partial charge < -0.3 is 9.52 Å². The molecule has 1 heterocycles. The summed E-state index contributed by atoms with van der Waals surface area (Å²) in [6.45, 7) is 0. The van der Waals surface area contributed by atoms with Crippen LogP contribution in [0.25, 0.3) is 11.3 Å². The molecule has 1 aromatic carbocycles. The molecule has 1 N–H and O–H groups in total. The Morgan fingerprint density at radius 3 is 2.39 bits per heavy atom. The van der Waals surface area contributed by atoms with Crippen LogP contribution in [0.4, 0.5) is 0 Å². The molecule has 0 radical (unpaired) electrons. The summed E-state index contributed by atoms with van der Waals surface area (Å²) in [5.74, 6) is -1.10. The Bertz CT molecular complexity index is 684. The molecule has 0 saturated heterocycles. The number of sulfone groups is 1. The summed E-state index contributed by atoms with van der Waals surface area (Å²) >= 11 is 0. The minimum absolute atomic E-state index is 0.0996. The molecular formula is C11H9NO5S. The number of oxazole rings is 1. The monoisotopic (exact) mass is 267 g/mol. The molecular weight excluding hydrogens is 258 g/mol. The van der Waals surface area contributed by atoms with Crippen LogP contribution in [-0.4, -0.2) is 30.7 Å². The lowest BCUT2D eigenvalue weighted by Gasteiger charge is -2.00. The van der Waals surface area contributed by atoms with Crippen molar-refractivity contribution in [1.82, 2.24) is 4.98 Å². The number of aromatic nitrogens is 1. The maximum Gasteiger partial charge on any atom is 0.358 e. The van der Waals surface area contributed by atoms with Crippen molar-refractivity contribution in [2.75, 3.05) is 6.26 Å². The Morgan fingerprint density at radius 1 is 1.28 bits per heavy atom. The fourth-order valence-electron chi connectivity index (χ4n) is 1.46. The van der Waals surface area contributed by atoms with E-state index in [1.54, 1.807) is 0 Å². The van der Waals surface area contributed by atoms with E-state index in [1.807, 2.05) is 0 Å². The van der Waals surface area contributed by atoms with Gasteiger partial charge in [0, 0.05) is 11.8 Å². The molecule has 0 aliphatic rings. The topological polar surface area (TPSA) is 97.5 Å². The van der Waals surface area contributed by atoms with Crippen LogP contribution in [0.1, 0.15) is 10.5 Å². The number of carbonyl (C=O) groups is 1. The Kier molecular flexibility index (Phi) is 2.92. The Balaban J connectivity index is 2.47. The van der Waals surface area contributed by atoms with E-state index in [0.29, 0.717) is 5.56 Å². The standard InChI is InChI=1S/C11H9NO5S/c1-18(15,16)8-4-2-7(3-5-8)10-9(11(13)14)12-6-17-10/h2-6H,1H3,(H,13,14). The van der Waals surface area contributed by atoms with Gasteiger partial charge in [-0.3, -0.25) is 0 Å². The lowest BCUT2D eigenvalue weighted by molar-refractivity contribution is 0.0691. The second kappa shape index (κ2) is 4.26. The van der Waals surface area contributed by atoms with Crippen molar-refractivity contribution in [3.05, 3.63) is 36.4 Å². The van der Waals surface area contributed by atoms with Gasteiger partial charge in [0.25, 0.3) is 0 Å². The molecule has 7 heteroatoms. The fraction of sp³-hybridized carbons (Fsp3) is 0.0909. The van der Waals surface area contributed by atoms with E-state index in [-0.39, 0.29) is 16.3 Å². The minimum Gasteiger partial charge on any atom is -0.476 e. The molecule has 94 valence electrons. The highest BCUT2D eigenvalue weighted by Gasteiger charge is 2.17. The van der Waals surface area contributed by atoms with E-state index < -0.39 is 15.8 Å². The van der Waals surface area contributed by atoms with Crippen LogP contribution in [0.3, 0.4) is 0 Å². The van der Waals surface area contributed by atoms with Crippen molar-refractivity contribution >= 4 is 15.8 Å². The number of carboxylic acid groups (broad SMARTS) is 1. The summed E-state index contributed by atoms with van der Waals surface area (Å²) < 4.78 is 27.5. The van der Waals surface area contributed by atoms with Gasteiger partial charge in [0.2, 0.25) is 0 Å². The number of carboxylic acids is 1. The van der Waals surface area contributed by atoms with Crippen molar-refractivity contribution in [2.45, 2.75) is 4.90 Å². The largest absolute Gasteiger partial charge is 0.476 e. The zero-order valence-electron chi connectivity index (χ0n) is 9.32. The van der Waals surface area contributed by atoms with Crippen LogP contribution in [0.5, 0.6) is 0 Å². The molecule has 0 fully saturated rings. The van der Waals surface area contributed by atoms with Gasteiger partial charge in [0.15, 0.2) is 27.7 Å². The van der Waals surface area contributed by atoms with Crippen LogP contribution in [0, 0.1) is 0 Å². The third-order valence-electron chi connectivity index (χ3n) is 2.31. The van der Waals surface area contributed by atoms with Crippen LogP contribution in [0.15, 0.2) is 40.0 Å². The molecule has 0 unspecified atom stereocenters. The highest BCUT2D eigenvalue weighted by Crippen LogP contribution is 2.24. The van der Waals surface area contributed by atoms with E-state index in [9.17, 15) is 13.2 Å². The van der Waals surface area contributed by atoms with E-state index >= 15 is 0 Å². The molecule has 2 rings (SSSR count). The van der Waals surface area contributed by atoms with Crippen molar-refractivity contribution in [2.24, 2.45) is 0 Å². The van der Waals surface area contributed by atoms with Crippen LogP contribution >= 0.6 is 0 Å². The van der Waals surface area contributed by atoms with E-state index in [4.69, 9.17) is 9.52 Å². The van der Waals surface area contributed by atoms with Crippen molar-refractivity contribution in [3.8, 4) is 11.3 Å². The maximum absolute atomic E-state index is 11.3. The summed E-state index contributed by atoms with van der Waals surface area (Å²) in [6.07, 6.45) is 2.13. The Morgan fingerprint density at radius 2 is 1.89 bits per heavy atom. The molecule has 0 bridgehead atoms. The molecule has 2 aromatic rings. The van der Waals surface area contributed by atoms with E-state index in [0.717, 1.165) is 12.6 Å². The zero-order chi connectivity index (χ0) is 13.3. The molecule has 0 amide bonds. The highest BCUT2D eigenvalue weighted by atomic mass is 32.2. The third kappa shape index (κ3) is 2.25. The summed E-state index contributed by atoms with van der Waals surface area (Å²) in [6, 6.07) is 5.73. The van der Waals surface area contributed by atoms with Crippen molar-refractivity contribution < 1.29 is 22.7 Å². The fourth-order valence-corrected chi connectivity index (χ4v) is 2.09. The first-order valence-electron chi connectivity index (χ1n) is 4.87. The van der Waals surface area contributed by atoms with Gasteiger partial charge in [-0.25, -0.2) is 18.2 Å². The molecule has 0 aliphatic carbocycles. The first kappa shape index (κ1) is 12.3. The molecule has 6 nitrogen and oxygen atoms in total. The minimum atomic E-state index is -3.28. The van der Waals surface area contributed by atoms with Gasteiger partial charge in [-0.15, -0.1) is 0 Å². The summed E-state index contributed by atoms with van der Waals surface area (Å²) in [7, 11) is -3.28. The Labute approximate surface area is 103 Å². The van der Waals surface area contributed by atoms with Gasteiger partial charge in [0.05, 0.1) is 4.90 Å². The second-order valence-corrected chi connectivity index (χ2v) is 5.65. The maximum atomic E-state index is 11.3. The molecule has 1 aromatic heterocycles. The average Bonchev–Trinajstić information content (AvgIpc) is 2.77. The average molecular weight is 267 g/mol. The lowest BCUT2D eigenvalue weighted by atomic mass is 10.1. The quantitative estimate of drug-likeness (QED) is 0.903. The summed E-state index contributed by atoms with van der Waals surface area (Å²) in [5, 5.41) is 8.88. The van der Waals surface area contributed by atoms with Gasteiger partial charge in [-0.1, -0.05) is 0 Å². The van der Waals surface area contributed by atoms with Crippen molar-refractivity contribution in [1.29, 1.82) is 0 Å². The van der Waals surface area contributed by atoms with Crippen LogP contribution < -0.4 is 0 Å². The molecule has 0 atom stereocenters. The molecule has 0 aliphatic heterocycles. The Hall–Kier alpha value is -2.15. The third-order valence-corrected chi connectivity index (χ3v) is 3.44. The van der Waals surface area contributed by atoms with Gasteiger partial charge in [-0.2, -0.15) is 0 Å². The van der Waals surface area contributed by atoms with Crippen LogP contribution in [-0.2, 0) is 9.84 Å².